The van der Waals surface area contributed by atoms with Crippen LogP contribution in [-0.2, 0) is 0 Å². The molecule has 0 atom stereocenters. The molecule has 6 nitrogen and oxygen atoms in total. The zero-order valence-corrected chi connectivity index (χ0v) is 16.7. The molecule has 4 rings (SSSR count). The Kier molecular flexibility index (Phi) is 5.62. The normalized spacial score (nSPS) is 13.5. The molecule has 1 amide bonds. The van der Waals surface area contributed by atoms with E-state index in [2.05, 4.69) is 26.9 Å². The molecule has 1 aromatic heterocycles. The van der Waals surface area contributed by atoms with Gasteiger partial charge in [-0.05, 0) is 54.8 Å². The van der Waals surface area contributed by atoms with Crippen LogP contribution in [0.15, 0.2) is 60.7 Å². The van der Waals surface area contributed by atoms with Gasteiger partial charge in [0, 0.05) is 37.3 Å². The number of amides is 1. The molecule has 30 heavy (non-hydrogen) atoms. The highest BCUT2D eigenvalue weighted by Crippen LogP contribution is 2.16. The van der Waals surface area contributed by atoms with E-state index in [1.807, 2.05) is 54.3 Å². The second-order valence-electron chi connectivity index (χ2n) is 7.17. The molecule has 1 aliphatic heterocycles. The van der Waals surface area contributed by atoms with Gasteiger partial charge in [-0.3, -0.25) is 4.79 Å². The number of aromatic hydroxyl groups is 1. The molecule has 6 heteroatoms. The van der Waals surface area contributed by atoms with Gasteiger partial charge in [0.2, 0.25) is 0 Å². The first-order valence-electron chi connectivity index (χ1n) is 9.85. The number of rotatable bonds is 2. The van der Waals surface area contributed by atoms with E-state index in [-0.39, 0.29) is 11.7 Å². The SMILES string of the molecule is Cc1ccccc1C(=O)N1CCN(c2ccc(C#Cc3cccc(O)c3)nn2)CC1. The summed E-state index contributed by atoms with van der Waals surface area (Å²) in [6.07, 6.45) is 0. The maximum Gasteiger partial charge on any atom is 0.254 e. The Morgan fingerprint density at radius 3 is 2.43 bits per heavy atom. The van der Waals surface area contributed by atoms with Crippen LogP contribution in [0.25, 0.3) is 0 Å². The maximum atomic E-state index is 12.8. The summed E-state index contributed by atoms with van der Waals surface area (Å²) < 4.78 is 0. The van der Waals surface area contributed by atoms with E-state index >= 15 is 0 Å². The lowest BCUT2D eigenvalue weighted by Crippen LogP contribution is -2.49. The molecule has 0 aliphatic carbocycles. The van der Waals surface area contributed by atoms with Crippen molar-refractivity contribution in [2.45, 2.75) is 6.92 Å². The van der Waals surface area contributed by atoms with Crippen LogP contribution in [0.3, 0.4) is 0 Å². The number of phenolic OH excluding ortho intramolecular Hbond substituents is 1. The Morgan fingerprint density at radius 1 is 0.933 bits per heavy atom. The molecular weight excluding hydrogens is 376 g/mol. The average molecular weight is 398 g/mol. The Hall–Kier alpha value is -3.85. The third-order valence-electron chi connectivity index (χ3n) is 5.10. The third kappa shape index (κ3) is 4.41. The first-order chi connectivity index (χ1) is 14.6. The van der Waals surface area contributed by atoms with Crippen molar-refractivity contribution in [2.24, 2.45) is 0 Å². The highest BCUT2D eigenvalue weighted by Gasteiger charge is 2.23. The van der Waals surface area contributed by atoms with Crippen LogP contribution in [0.5, 0.6) is 5.75 Å². The number of carbonyl (C=O) groups excluding carboxylic acids is 1. The number of phenols is 1. The fraction of sp³-hybridized carbons (Fsp3) is 0.208. The summed E-state index contributed by atoms with van der Waals surface area (Å²) >= 11 is 0. The number of carbonyl (C=O) groups is 1. The summed E-state index contributed by atoms with van der Waals surface area (Å²) in [5.74, 6) is 6.97. The first kappa shape index (κ1) is 19.5. The van der Waals surface area contributed by atoms with E-state index in [9.17, 15) is 9.90 Å². The second-order valence-corrected chi connectivity index (χ2v) is 7.17. The van der Waals surface area contributed by atoms with E-state index in [0.717, 1.165) is 22.5 Å². The van der Waals surface area contributed by atoms with Gasteiger partial charge in [-0.2, -0.15) is 0 Å². The van der Waals surface area contributed by atoms with Gasteiger partial charge >= 0.3 is 0 Å². The summed E-state index contributed by atoms with van der Waals surface area (Å²) in [7, 11) is 0. The quantitative estimate of drug-likeness (QED) is 0.673. The van der Waals surface area contributed by atoms with Crippen molar-refractivity contribution >= 4 is 11.7 Å². The summed E-state index contributed by atoms with van der Waals surface area (Å²) in [5.41, 5.74) is 3.05. The van der Waals surface area contributed by atoms with Crippen LogP contribution in [0, 0.1) is 18.8 Å². The lowest BCUT2D eigenvalue weighted by atomic mass is 10.1. The number of piperazine rings is 1. The summed E-state index contributed by atoms with van der Waals surface area (Å²) in [5, 5.41) is 18.0. The number of benzene rings is 2. The van der Waals surface area contributed by atoms with Crippen molar-refractivity contribution in [3.63, 3.8) is 0 Å². The van der Waals surface area contributed by atoms with Crippen LogP contribution < -0.4 is 4.90 Å². The number of anilines is 1. The summed E-state index contributed by atoms with van der Waals surface area (Å²) in [6.45, 7) is 4.67. The Bertz CT molecular complexity index is 1110. The molecule has 0 spiro atoms. The zero-order chi connectivity index (χ0) is 20.9. The van der Waals surface area contributed by atoms with E-state index in [1.165, 1.54) is 0 Å². The predicted molar refractivity (Wildman–Crippen MR) is 115 cm³/mol. The number of hydrogen-bond donors (Lipinski definition) is 1. The predicted octanol–water partition coefficient (Wildman–Crippen LogP) is 2.85. The van der Waals surface area contributed by atoms with Crippen molar-refractivity contribution in [1.82, 2.24) is 15.1 Å². The lowest BCUT2D eigenvalue weighted by molar-refractivity contribution is 0.0745. The zero-order valence-electron chi connectivity index (χ0n) is 16.7. The molecule has 0 bridgehead atoms. The first-order valence-corrected chi connectivity index (χ1v) is 9.85. The molecule has 2 heterocycles. The minimum atomic E-state index is 0.0800. The minimum Gasteiger partial charge on any atom is -0.508 e. The molecule has 1 N–H and O–H groups in total. The topological polar surface area (TPSA) is 69.6 Å². The van der Waals surface area contributed by atoms with Crippen LogP contribution in [0.4, 0.5) is 5.82 Å². The monoisotopic (exact) mass is 398 g/mol. The molecule has 0 radical (unpaired) electrons. The second kappa shape index (κ2) is 8.66. The molecule has 0 saturated carbocycles. The van der Waals surface area contributed by atoms with Crippen molar-refractivity contribution in [2.75, 3.05) is 31.1 Å². The number of hydrogen-bond acceptors (Lipinski definition) is 5. The van der Waals surface area contributed by atoms with Crippen molar-refractivity contribution in [3.05, 3.63) is 83.0 Å². The number of nitrogens with zero attached hydrogens (tertiary/aromatic N) is 4. The van der Waals surface area contributed by atoms with Gasteiger partial charge in [0.15, 0.2) is 5.82 Å². The van der Waals surface area contributed by atoms with Crippen molar-refractivity contribution in [1.29, 1.82) is 0 Å². The number of aryl methyl sites for hydroxylation is 1. The molecular formula is C24H22N4O2. The van der Waals surface area contributed by atoms with Crippen LogP contribution in [0.2, 0.25) is 0 Å². The highest BCUT2D eigenvalue weighted by atomic mass is 16.3. The Balaban J connectivity index is 1.37. The van der Waals surface area contributed by atoms with Crippen LogP contribution in [-0.4, -0.2) is 52.3 Å². The molecule has 0 unspecified atom stereocenters. The van der Waals surface area contributed by atoms with E-state index < -0.39 is 0 Å². The van der Waals surface area contributed by atoms with Crippen molar-refractivity contribution < 1.29 is 9.90 Å². The molecule has 1 aliphatic rings. The lowest BCUT2D eigenvalue weighted by Gasteiger charge is -2.35. The summed E-state index contributed by atoms with van der Waals surface area (Å²) in [6, 6.07) is 18.2. The molecule has 1 fully saturated rings. The highest BCUT2D eigenvalue weighted by molar-refractivity contribution is 5.95. The maximum absolute atomic E-state index is 12.8. The van der Waals surface area contributed by atoms with Crippen LogP contribution >= 0.6 is 0 Å². The summed E-state index contributed by atoms with van der Waals surface area (Å²) in [4.78, 5) is 16.8. The largest absolute Gasteiger partial charge is 0.508 e. The van der Waals surface area contributed by atoms with Crippen molar-refractivity contribution in [3.8, 4) is 17.6 Å². The smallest absolute Gasteiger partial charge is 0.254 e. The fourth-order valence-corrected chi connectivity index (χ4v) is 3.40. The van der Waals surface area contributed by atoms with E-state index in [1.54, 1.807) is 18.2 Å². The fourth-order valence-electron chi connectivity index (χ4n) is 3.40. The number of aromatic nitrogens is 2. The Labute approximate surface area is 175 Å². The van der Waals surface area contributed by atoms with Gasteiger partial charge in [-0.25, -0.2) is 0 Å². The van der Waals surface area contributed by atoms with Gasteiger partial charge in [-0.15, -0.1) is 10.2 Å². The minimum absolute atomic E-state index is 0.0800. The van der Waals surface area contributed by atoms with E-state index in [0.29, 0.717) is 31.9 Å². The molecule has 1 saturated heterocycles. The van der Waals surface area contributed by atoms with Gasteiger partial charge in [0.1, 0.15) is 11.4 Å². The molecule has 3 aromatic rings. The standard InChI is InChI=1S/C24H22N4O2/c1-18-5-2-3-8-22(18)24(30)28-15-13-27(14-16-28)23-12-11-20(25-26-23)10-9-19-6-4-7-21(29)17-19/h2-8,11-12,17,29H,13-16H2,1H3. The van der Waals surface area contributed by atoms with Gasteiger partial charge in [0.05, 0.1) is 0 Å². The van der Waals surface area contributed by atoms with Crippen LogP contribution in [0.1, 0.15) is 27.2 Å². The Morgan fingerprint density at radius 2 is 1.73 bits per heavy atom. The average Bonchev–Trinajstić information content (AvgIpc) is 2.78. The molecule has 2 aromatic carbocycles. The van der Waals surface area contributed by atoms with E-state index in [4.69, 9.17) is 0 Å². The third-order valence-corrected chi connectivity index (χ3v) is 5.10. The van der Waals surface area contributed by atoms with Gasteiger partial charge in [-0.1, -0.05) is 30.2 Å². The molecule has 150 valence electrons. The van der Waals surface area contributed by atoms with Gasteiger partial charge < -0.3 is 14.9 Å². The van der Waals surface area contributed by atoms with Gasteiger partial charge in [0.25, 0.3) is 5.91 Å².